The Balaban J connectivity index is 2.04. The van der Waals surface area contributed by atoms with Gasteiger partial charge >= 0.3 is 0 Å². The second kappa shape index (κ2) is 5.41. The van der Waals surface area contributed by atoms with Crippen LogP contribution in [0, 0.1) is 0 Å². The molecule has 0 radical (unpaired) electrons. The molecule has 0 amide bonds. The summed E-state index contributed by atoms with van der Waals surface area (Å²) in [6.45, 7) is 11.7. The van der Waals surface area contributed by atoms with E-state index in [2.05, 4.69) is 42.9 Å². The van der Waals surface area contributed by atoms with Crippen LogP contribution in [0.2, 0.25) is 0 Å². The van der Waals surface area contributed by atoms with E-state index in [1.165, 1.54) is 0 Å². The molecular formula is C14H25N3O. The Bertz CT molecular complexity index is 386. The number of aromatic nitrogens is 1. The van der Waals surface area contributed by atoms with Gasteiger partial charge < -0.3 is 9.73 Å². The monoisotopic (exact) mass is 251 g/mol. The fourth-order valence-corrected chi connectivity index (χ4v) is 2.56. The third kappa shape index (κ3) is 3.12. The molecule has 0 spiro atoms. The number of hydrogen-bond donors (Lipinski definition) is 1. The third-order valence-corrected chi connectivity index (χ3v) is 3.69. The smallest absolute Gasteiger partial charge is 0.208 e. The molecule has 1 saturated heterocycles. The zero-order valence-corrected chi connectivity index (χ0v) is 12.0. The summed E-state index contributed by atoms with van der Waals surface area (Å²) in [7, 11) is 0. The SMILES string of the molecule is CCc1cnc(CN2CC(C)(C)NCC2CC)o1. The summed E-state index contributed by atoms with van der Waals surface area (Å²) in [4.78, 5) is 6.86. The van der Waals surface area contributed by atoms with E-state index < -0.39 is 0 Å². The number of nitrogens with one attached hydrogen (secondary N) is 1. The Labute approximate surface area is 110 Å². The van der Waals surface area contributed by atoms with Crippen molar-refractivity contribution in [3.05, 3.63) is 17.8 Å². The van der Waals surface area contributed by atoms with Crippen LogP contribution in [0.15, 0.2) is 10.6 Å². The van der Waals surface area contributed by atoms with Crippen LogP contribution in [0.3, 0.4) is 0 Å². The minimum Gasteiger partial charge on any atom is -0.444 e. The highest BCUT2D eigenvalue weighted by atomic mass is 16.4. The van der Waals surface area contributed by atoms with E-state index in [-0.39, 0.29) is 5.54 Å². The van der Waals surface area contributed by atoms with Crippen LogP contribution >= 0.6 is 0 Å². The van der Waals surface area contributed by atoms with E-state index in [1.54, 1.807) is 0 Å². The van der Waals surface area contributed by atoms with Crippen LogP contribution in [-0.2, 0) is 13.0 Å². The van der Waals surface area contributed by atoms with E-state index in [1.807, 2.05) is 6.20 Å². The van der Waals surface area contributed by atoms with Crippen molar-refractivity contribution in [2.24, 2.45) is 0 Å². The maximum Gasteiger partial charge on any atom is 0.208 e. The zero-order chi connectivity index (χ0) is 13.2. The maximum absolute atomic E-state index is 5.72. The van der Waals surface area contributed by atoms with Crippen LogP contribution in [0.4, 0.5) is 0 Å². The number of nitrogens with zero attached hydrogens (tertiary/aromatic N) is 2. The molecule has 0 aliphatic carbocycles. The Morgan fingerprint density at radius 1 is 1.50 bits per heavy atom. The average Bonchev–Trinajstić information content (AvgIpc) is 2.76. The minimum absolute atomic E-state index is 0.172. The van der Waals surface area contributed by atoms with E-state index in [9.17, 15) is 0 Å². The van der Waals surface area contributed by atoms with Gasteiger partial charge in [-0.15, -0.1) is 0 Å². The Morgan fingerprint density at radius 3 is 2.89 bits per heavy atom. The molecule has 102 valence electrons. The van der Waals surface area contributed by atoms with E-state index in [0.29, 0.717) is 6.04 Å². The maximum atomic E-state index is 5.72. The van der Waals surface area contributed by atoms with Gasteiger partial charge in [-0.1, -0.05) is 13.8 Å². The second-order valence-corrected chi connectivity index (χ2v) is 5.81. The molecule has 0 bridgehead atoms. The molecular weight excluding hydrogens is 226 g/mol. The molecule has 1 fully saturated rings. The molecule has 1 atom stereocenters. The number of hydrogen-bond acceptors (Lipinski definition) is 4. The Hall–Kier alpha value is -0.870. The fraction of sp³-hybridized carbons (Fsp3) is 0.786. The molecule has 1 unspecified atom stereocenters. The summed E-state index contributed by atoms with van der Waals surface area (Å²) in [5, 5.41) is 3.60. The molecule has 4 nitrogen and oxygen atoms in total. The summed E-state index contributed by atoms with van der Waals surface area (Å²) < 4.78 is 5.72. The molecule has 0 aromatic carbocycles. The second-order valence-electron chi connectivity index (χ2n) is 5.81. The normalized spacial score (nSPS) is 24.3. The molecule has 4 heteroatoms. The zero-order valence-electron chi connectivity index (χ0n) is 12.0. The van der Waals surface area contributed by atoms with Gasteiger partial charge in [0.25, 0.3) is 0 Å². The van der Waals surface area contributed by atoms with Crippen LogP contribution in [0.5, 0.6) is 0 Å². The molecule has 1 aromatic heterocycles. The van der Waals surface area contributed by atoms with E-state index >= 15 is 0 Å². The van der Waals surface area contributed by atoms with Crippen molar-refractivity contribution in [1.29, 1.82) is 0 Å². The Morgan fingerprint density at radius 2 is 2.28 bits per heavy atom. The number of piperazine rings is 1. The standard InChI is InChI=1S/C14H25N3O/c1-5-11-7-16-14(3,4)10-17(11)9-13-15-8-12(6-2)18-13/h8,11,16H,5-7,9-10H2,1-4H3. The van der Waals surface area contributed by atoms with Crippen molar-refractivity contribution >= 4 is 0 Å². The van der Waals surface area contributed by atoms with Crippen LogP contribution < -0.4 is 5.32 Å². The highest BCUT2D eigenvalue weighted by molar-refractivity contribution is 4.97. The molecule has 2 rings (SSSR count). The number of oxazole rings is 1. The molecule has 1 N–H and O–H groups in total. The molecule has 1 aliphatic rings. The van der Waals surface area contributed by atoms with Gasteiger partial charge in [0.15, 0.2) is 0 Å². The Kier molecular flexibility index (Phi) is 4.07. The summed E-state index contributed by atoms with van der Waals surface area (Å²) in [6.07, 6.45) is 3.92. The first-order valence-electron chi connectivity index (χ1n) is 6.96. The highest BCUT2D eigenvalue weighted by Crippen LogP contribution is 2.19. The number of rotatable bonds is 4. The first-order chi connectivity index (χ1) is 8.54. The van der Waals surface area contributed by atoms with E-state index in [4.69, 9.17) is 4.42 Å². The van der Waals surface area contributed by atoms with Crippen molar-refractivity contribution in [2.75, 3.05) is 13.1 Å². The molecule has 0 saturated carbocycles. The van der Waals surface area contributed by atoms with Crippen molar-refractivity contribution in [1.82, 2.24) is 15.2 Å². The van der Waals surface area contributed by atoms with Gasteiger partial charge in [0, 0.05) is 31.1 Å². The minimum atomic E-state index is 0.172. The van der Waals surface area contributed by atoms with Crippen LogP contribution in [0.25, 0.3) is 0 Å². The van der Waals surface area contributed by atoms with Gasteiger partial charge in [0.2, 0.25) is 5.89 Å². The van der Waals surface area contributed by atoms with Gasteiger partial charge in [-0.3, -0.25) is 4.90 Å². The lowest BCUT2D eigenvalue weighted by atomic mass is 9.97. The van der Waals surface area contributed by atoms with Gasteiger partial charge in [-0.2, -0.15) is 0 Å². The van der Waals surface area contributed by atoms with Gasteiger partial charge in [-0.05, 0) is 20.3 Å². The van der Waals surface area contributed by atoms with Gasteiger partial charge in [0.1, 0.15) is 5.76 Å². The number of aryl methyl sites for hydroxylation is 1. The lowest BCUT2D eigenvalue weighted by molar-refractivity contribution is 0.0773. The summed E-state index contributed by atoms with van der Waals surface area (Å²) in [5.41, 5.74) is 0.172. The summed E-state index contributed by atoms with van der Waals surface area (Å²) >= 11 is 0. The van der Waals surface area contributed by atoms with E-state index in [0.717, 1.165) is 44.1 Å². The highest BCUT2D eigenvalue weighted by Gasteiger charge is 2.32. The van der Waals surface area contributed by atoms with Gasteiger partial charge in [-0.25, -0.2) is 4.98 Å². The topological polar surface area (TPSA) is 41.3 Å². The largest absolute Gasteiger partial charge is 0.444 e. The van der Waals surface area contributed by atoms with Crippen LogP contribution in [-0.4, -0.2) is 34.6 Å². The molecule has 1 aromatic rings. The van der Waals surface area contributed by atoms with Crippen molar-refractivity contribution < 1.29 is 4.42 Å². The lowest BCUT2D eigenvalue weighted by Crippen LogP contribution is -2.61. The predicted octanol–water partition coefficient (Wildman–Crippen LogP) is 2.20. The molecule has 1 aliphatic heterocycles. The molecule has 18 heavy (non-hydrogen) atoms. The first-order valence-corrected chi connectivity index (χ1v) is 6.96. The molecule has 2 heterocycles. The summed E-state index contributed by atoms with van der Waals surface area (Å²) in [5.74, 6) is 1.83. The quantitative estimate of drug-likeness (QED) is 0.890. The first kappa shape index (κ1) is 13.6. The van der Waals surface area contributed by atoms with Crippen molar-refractivity contribution in [3.63, 3.8) is 0 Å². The third-order valence-electron chi connectivity index (χ3n) is 3.69. The van der Waals surface area contributed by atoms with Crippen molar-refractivity contribution in [3.8, 4) is 0 Å². The average molecular weight is 251 g/mol. The van der Waals surface area contributed by atoms with Crippen LogP contribution in [0.1, 0.15) is 45.8 Å². The van der Waals surface area contributed by atoms with Crippen molar-refractivity contribution in [2.45, 2.75) is 58.7 Å². The fourth-order valence-electron chi connectivity index (χ4n) is 2.56. The predicted molar refractivity (Wildman–Crippen MR) is 72.5 cm³/mol. The summed E-state index contributed by atoms with van der Waals surface area (Å²) in [6, 6.07) is 0.579. The van der Waals surface area contributed by atoms with Gasteiger partial charge in [0.05, 0.1) is 12.7 Å². The lowest BCUT2D eigenvalue weighted by Gasteiger charge is -2.43.